The molecule has 1 fully saturated rings. The monoisotopic (exact) mass is 389 g/mol. The zero-order valence-electron chi connectivity index (χ0n) is 15.4. The molecule has 4 nitrogen and oxygen atoms in total. The lowest BCUT2D eigenvalue weighted by Crippen LogP contribution is -2.47. The third-order valence-electron chi connectivity index (χ3n) is 5.96. The van der Waals surface area contributed by atoms with E-state index in [9.17, 15) is 13.2 Å². The van der Waals surface area contributed by atoms with Gasteiger partial charge >= 0.3 is 6.18 Å². The fourth-order valence-electron chi connectivity index (χ4n) is 4.64. The summed E-state index contributed by atoms with van der Waals surface area (Å²) in [6.07, 6.45) is -3.49. The molecule has 3 heterocycles. The molecule has 7 heteroatoms. The van der Waals surface area contributed by atoms with Gasteiger partial charge in [-0.05, 0) is 30.2 Å². The molecule has 3 aliphatic heterocycles. The van der Waals surface area contributed by atoms with Crippen LogP contribution in [0.25, 0.3) is 0 Å². The highest BCUT2D eigenvalue weighted by Gasteiger charge is 2.37. The van der Waals surface area contributed by atoms with E-state index in [1.807, 2.05) is 17.0 Å². The number of hydrogen-bond donors (Lipinski definition) is 1. The topological polar surface area (TPSA) is 27.7 Å². The van der Waals surface area contributed by atoms with Crippen molar-refractivity contribution in [2.45, 2.75) is 25.2 Å². The number of benzene rings is 2. The van der Waals surface area contributed by atoms with Gasteiger partial charge < -0.3 is 15.0 Å². The number of piperazine rings is 1. The van der Waals surface area contributed by atoms with Crippen molar-refractivity contribution in [1.29, 1.82) is 0 Å². The molecule has 5 rings (SSSR count). The lowest BCUT2D eigenvalue weighted by molar-refractivity contribution is -0.137. The van der Waals surface area contributed by atoms with Gasteiger partial charge in [-0.25, -0.2) is 0 Å². The molecule has 0 bridgehead atoms. The third-order valence-corrected chi connectivity index (χ3v) is 5.96. The van der Waals surface area contributed by atoms with Crippen molar-refractivity contribution in [2.24, 2.45) is 0 Å². The Balaban J connectivity index is 1.61. The van der Waals surface area contributed by atoms with Crippen LogP contribution in [0.4, 0.5) is 24.5 Å². The molecule has 2 aromatic carbocycles. The molecule has 1 atom stereocenters. The normalized spacial score (nSPS) is 22.1. The van der Waals surface area contributed by atoms with Gasteiger partial charge in [0, 0.05) is 44.3 Å². The summed E-state index contributed by atoms with van der Waals surface area (Å²) in [5.74, 6) is 0.510. The van der Waals surface area contributed by atoms with Crippen LogP contribution in [-0.2, 0) is 12.8 Å². The Morgan fingerprint density at radius 2 is 1.86 bits per heavy atom. The summed E-state index contributed by atoms with van der Waals surface area (Å²) in [6, 6.07) is 10.2. The predicted octanol–water partition coefficient (Wildman–Crippen LogP) is 4.09. The Labute approximate surface area is 161 Å². The van der Waals surface area contributed by atoms with Crippen molar-refractivity contribution in [3.05, 3.63) is 53.1 Å². The molecule has 148 valence electrons. The second kappa shape index (κ2) is 6.67. The molecule has 0 amide bonds. The smallest absolute Gasteiger partial charge is 0.416 e. The number of nitrogens with zero attached hydrogens (tertiary/aromatic N) is 2. The lowest BCUT2D eigenvalue weighted by atomic mass is 9.91. The molecular weight excluding hydrogens is 367 g/mol. The number of ether oxygens (including phenoxy) is 1. The van der Waals surface area contributed by atoms with Gasteiger partial charge in [0.05, 0.1) is 16.9 Å². The van der Waals surface area contributed by atoms with Crippen molar-refractivity contribution >= 4 is 11.4 Å². The zero-order chi connectivity index (χ0) is 19.3. The minimum Gasteiger partial charge on any atom is -0.487 e. The molecular formula is C21H22F3N3O. The maximum atomic E-state index is 13.3. The van der Waals surface area contributed by atoms with Crippen LogP contribution in [0.3, 0.4) is 0 Å². The lowest BCUT2D eigenvalue weighted by Gasteiger charge is -2.42. The molecule has 1 saturated heterocycles. The summed E-state index contributed by atoms with van der Waals surface area (Å²) in [5.41, 5.74) is 3.12. The maximum absolute atomic E-state index is 13.3. The summed E-state index contributed by atoms with van der Waals surface area (Å²) in [6.45, 7) is 4.95. The SMILES string of the molecule is FC(F)(F)c1ccc2c(c1)N1CCC(N3CCNCC3)c3cccc(c31)CO2. The standard InChI is InChI=1S/C21H22F3N3O/c22-21(23,24)15-4-5-19-18(12-15)27-9-6-17(26-10-7-25-8-11-26)16-3-1-2-14(13-28-19)20(16)27/h1-5,12,17,25H,6-11,13H2. The Kier molecular flexibility index (Phi) is 4.25. The molecule has 0 radical (unpaired) electrons. The largest absolute Gasteiger partial charge is 0.487 e. The number of alkyl halides is 3. The van der Waals surface area contributed by atoms with Crippen LogP contribution in [0, 0.1) is 0 Å². The first-order valence-electron chi connectivity index (χ1n) is 9.70. The first kappa shape index (κ1) is 17.8. The van der Waals surface area contributed by atoms with Crippen molar-refractivity contribution in [1.82, 2.24) is 10.2 Å². The Hall–Kier alpha value is -2.25. The average molecular weight is 389 g/mol. The quantitative estimate of drug-likeness (QED) is 0.795. The van der Waals surface area contributed by atoms with Gasteiger partial charge in [-0.15, -0.1) is 0 Å². The van der Waals surface area contributed by atoms with E-state index in [0.717, 1.165) is 49.9 Å². The Bertz CT molecular complexity index is 893. The van der Waals surface area contributed by atoms with Crippen LogP contribution in [-0.4, -0.2) is 37.6 Å². The van der Waals surface area contributed by atoms with Gasteiger partial charge in [0.25, 0.3) is 0 Å². The molecule has 1 unspecified atom stereocenters. The molecule has 0 aliphatic carbocycles. The van der Waals surface area contributed by atoms with E-state index >= 15 is 0 Å². The fraction of sp³-hybridized carbons (Fsp3) is 0.429. The number of anilines is 2. The van der Waals surface area contributed by atoms with E-state index in [1.165, 1.54) is 17.7 Å². The van der Waals surface area contributed by atoms with Gasteiger partial charge in [0.15, 0.2) is 0 Å². The van der Waals surface area contributed by atoms with E-state index < -0.39 is 11.7 Å². The first-order valence-corrected chi connectivity index (χ1v) is 9.70. The molecule has 28 heavy (non-hydrogen) atoms. The summed E-state index contributed by atoms with van der Waals surface area (Å²) in [5, 5.41) is 3.39. The van der Waals surface area contributed by atoms with Gasteiger partial charge in [0.1, 0.15) is 12.4 Å². The minimum atomic E-state index is -4.37. The summed E-state index contributed by atoms with van der Waals surface area (Å²) < 4.78 is 45.8. The van der Waals surface area contributed by atoms with Crippen molar-refractivity contribution in [3.63, 3.8) is 0 Å². The van der Waals surface area contributed by atoms with Crippen LogP contribution in [0.1, 0.15) is 29.2 Å². The van der Waals surface area contributed by atoms with Gasteiger partial charge in [-0.1, -0.05) is 18.2 Å². The second-order valence-corrected chi connectivity index (χ2v) is 7.57. The van der Waals surface area contributed by atoms with Crippen LogP contribution in [0.2, 0.25) is 0 Å². The van der Waals surface area contributed by atoms with E-state index in [4.69, 9.17) is 4.74 Å². The maximum Gasteiger partial charge on any atom is 0.416 e. The third kappa shape index (κ3) is 2.93. The molecule has 0 aromatic heterocycles. The number of halogens is 3. The van der Waals surface area contributed by atoms with Crippen molar-refractivity contribution in [3.8, 4) is 5.75 Å². The van der Waals surface area contributed by atoms with E-state index in [-0.39, 0.29) is 0 Å². The van der Waals surface area contributed by atoms with Gasteiger partial charge in [-0.3, -0.25) is 4.90 Å². The number of nitrogens with one attached hydrogen (secondary N) is 1. The number of para-hydroxylation sites is 1. The minimum absolute atomic E-state index is 0.292. The Morgan fingerprint density at radius 3 is 2.64 bits per heavy atom. The van der Waals surface area contributed by atoms with E-state index in [1.54, 1.807) is 0 Å². The number of fused-ring (bicyclic) bond motifs is 2. The van der Waals surface area contributed by atoms with Crippen LogP contribution < -0.4 is 15.0 Å². The highest BCUT2D eigenvalue weighted by atomic mass is 19.4. The molecule has 1 N–H and O–H groups in total. The molecule has 3 aliphatic rings. The summed E-state index contributed by atoms with van der Waals surface area (Å²) in [7, 11) is 0. The fourth-order valence-corrected chi connectivity index (χ4v) is 4.64. The van der Waals surface area contributed by atoms with E-state index in [0.29, 0.717) is 30.6 Å². The van der Waals surface area contributed by atoms with Crippen molar-refractivity contribution in [2.75, 3.05) is 37.6 Å². The summed E-state index contributed by atoms with van der Waals surface area (Å²) >= 11 is 0. The summed E-state index contributed by atoms with van der Waals surface area (Å²) in [4.78, 5) is 4.52. The number of rotatable bonds is 1. The molecule has 0 saturated carbocycles. The predicted molar refractivity (Wildman–Crippen MR) is 101 cm³/mol. The van der Waals surface area contributed by atoms with Crippen LogP contribution >= 0.6 is 0 Å². The van der Waals surface area contributed by atoms with E-state index in [2.05, 4.69) is 16.3 Å². The van der Waals surface area contributed by atoms with Gasteiger partial charge in [-0.2, -0.15) is 13.2 Å². The first-order chi connectivity index (χ1) is 13.5. The van der Waals surface area contributed by atoms with Crippen molar-refractivity contribution < 1.29 is 17.9 Å². The highest BCUT2D eigenvalue weighted by molar-refractivity contribution is 5.77. The van der Waals surface area contributed by atoms with Crippen LogP contribution in [0.5, 0.6) is 5.75 Å². The zero-order valence-corrected chi connectivity index (χ0v) is 15.4. The number of hydrogen-bond acceptors (Lipinski definition) is 4. The average Bonchev–Trinajstić information content (AvgIpc) is 2.86. The second-order valence-electron chi connectivity index (χ2n) is 7.57. The Morgan fingerprint density at radius 1 is 1.04 bits per heavy atom. The molecule has 2 aromatic rings. The molecule has 0 spiro atoms. The van der Waals surface area contributed by atoms with Crippen LogP contribution in [0.15, 0.2) is 36.4 Å². The highest BCUT2D eigenvalue weighted by Crippen LogP contribution is 2.48. The van der Waals surface area contributed by atoms with Gasteiger partial charge in [0.2, 0.25) is 0 Å².